The standard InChI is InChI=1S/C16H23BrN2/c17-16-6-2-1-5-15(16)13-7-10-19(11-8-13)14-4-3-9-18-12-14/h1-2,5-6,13-14,18H,3-4,7-12H2. The van der Waals surface area contributed by atoms with Gasteiger partial charge in [-0.15, -0.1) is 0 Å². The van der Waals surface area contributed by atoms with E-state index in [9.17, 15) is 0 Å². The van der Waals surface area contributed by atoms with E-state index in [1.54, 1.807) is 0 Å². The highest BCUT2D eigenvalue weighted by molar-refractivity contribution is 9.10. The van der Waals surface area contributed by atoms with Crippen molar-refractivity contribution in [3.8, 4) is 0 Å². The van der Waals surface area contributed by atoms with E-state index in [-0.39, 0.29) is 0 Å². The number of nitrogens with one attached hydrogen (secondary N) is 1. The van der Waals surface area contributed by atoms with E-state index >= 15 is 0 Å². The third kappa shape index (κ3) is 3.21. The molecule has 2 fully saturated rings. The predicted molar refractivity (Wildman–Crippen MR) is 83.6 cm³/mol. The van der Waals surface area contributed by atoms with Crippen molar-refractivity contribution in [1.82, 2.24) is 10.2 Å². The molecule has 3 heteroatoms. The summed E-state index contributed by atoms with van der Waals surface area (Å²) in [5, 5.41) is 3.53. The molecule has 2 saturated heterocycles. The van der Waals surface area contributed by atoms with Crippen LogP contribution in [0.25, 0.3) is 0 Å². The van der Waals surface area contributed by atoms with Gasteiger partial charge in [-0.2, -0.15) is 0 Å². The molecule has 0 aliphatic carbocycles. The van der Waals surface area contributed by atoms with Crippen molar-refractivity contribution in [3.63, 3.8) is 0 Å². The van der Waals surface area contributed by atoms with Gasteiger partial charge in [0.2, 0.25) is 0 Å². The fraction of sp³-hybridized carbons (Fsp3) is 0.625. The van der Waals surface area contributed by atoms with Gasteiger partial charge in [0, 0.05) is 17.1 Å². The van der Waals surface area contributed by atoms with E-state index in [0.29, 0.717) is 0 Å². The zero-order valence-electron chi connectivity index (χ0n) is 11.4. The number of benzene rings is 1. The van der Waals surface area contributed by atoms with E-state index < -0.39 is 0 Å². The molecule has 2 nitrogen and oxygen atoms in total. The number of nitrogens with zero attached hydrogens (tertiary/aromatic N) is 1. The first-order valence-electron chi connectivity index (χ1n) is 7.54. The second-order valence-corrected chi connectivity index (χ2v) is 6.69. The van der Waals surface area contributed by atoms with Crippen molar-refractivity contribution in [3.05, 3.63) is 34.3 Å². The molecule has 0 radical (unpaired) electrons. The Labute approximate surface area is 124 Å². The van der Waals surface area contributed by atoms with Crippen LogP contribution in [0.3, 0.4) is 0 Å². The topological polar surface area (TPSA) is 15.3 Å². The molecule has 2 aliphatic rings. The first-order chi connectivity index (χ1) is 9.34. The maximum absolute atomic E-state index is 3.70. The van der Waals surface area contributed by atoms with Gasteiger partial charge >= 0.3 is 0 Å². The van der Waals surface area contributed by atoms with Crippen LogP contribution in [0.1, 0.15) is 37.2 Å². The molecule has 1 unspecified atom stereocenters. The molecule has 2 heterocycles. The van der Waals surface area contributed by atoms with Crippen molar-refractivity contribution >= 4 is 15.9 Å². The number of rotatable bonds is 2. The third-order valence-corrected chi connectivity index (χ3v) is 5.38. The lowest BCUT2D eigenvalue weighted by Gasteiger charge is -2.39. The Hall–Kier alpha value is -0.380. The van der Waals surface area contributed by atoms with Crippen molar-refractivity contribution in [1.29, 1.82) is 0 Å². The maximum Gasteiger partial charge on any atom is 0.0221 e. The van der Waals surface area contributed by atoms with E-state index in [0.717, 1.165) is 12.0 Å². The van der Waals surface area contributed by atoms with Crippen molar-refractivity contribution in [2.24, 2.45) is 0 Å². The van der Waals surface area contributed by atoms with Crippen molar-refractivity contribution in [2.75, 3.05) is 26.2 Å². The minimum atomic E-state index is 0.739. The van der Waals surface area contributed by atoms with Gasteiger partial charge in [0.25, 0.3) is 0 Å². The molecule has 0 aromatic heterocycles. The fourth-order valence-electron chi connectivity index (χ4n) is 3.53. The Morgan fingerprint density at radius 2 is 1.89 bits per heavy atom. The highest BCUT2D eigenvalue weighted by Crippen LogP contribution is 2.33. The van der Waals surface area contributed by atoms with Crippen LogP contribution < -0.4 is 5.32 Å². The molecule has 0 saturated carbocycles. The number of hydrogen-bond acceptors (Lipinski definition) is 2. The van der Waals surface area contributed by atoms with Crippen LogP contribution in [-0.2, 0) is 0 Å². The lowest BCUT2D eigenvalue weighted by Crippen LogP contribution is -2.48. The summed E-state index contributed by atoms with van der Waals surface area (Å²) in [5.41, 5.74) is 1.50. The van der Waals surface area contributed by atoms with E-state index in [4.69, 9.17) is 0 Å². The van der Waals surface area contributed by atoms with Crippen LogP contribution in [0.15, 0.2) is 28.7 Å². The van der Waals surface area contributed by atoms with Crippen LogP contribution in [0.2, 0.25) is 0 Å². The molecule has 1 atom stereocenters. The smallest absolute Gasteiger partial charge is 0.0221 e. The monoisotopic (exact) mass is 322 g/mol. The molecule has 19 heavy (non-hydrogen) atoms. The van der Waals surface area contributed by atoms with Crippen LogP contribution in [0.5, 0.6) is 0 Å². The minimum Gasteiger partial charge on any atom is -0.315 e. The van der Waals surface area contributed by atoms with Gasteiger partial charge in [-0.1, -0.05) is 34.1 Å². The quantitative estimate of drug-likeness (QED) is 0.898. The normalized spacial score (nSPS) is 26.5. The van der Waals surface area contributed by atoms with Crippen molar-refractivity contribution in [2.45, 2.75) is 37.6 Å². The van der Waals surface area contributed by atoms with Crippen LogP contribution >= 0.6 is 15.9 Å². The maximum atomic E-state index is 3.70. The Kier molecular flexibility index (Phi) is 4.57. The molecule has 0 bridgehead atoms. The summed E-state index contributed by atoms with van der Waals surface area (Å²) in [5.74, 6) is 0.739. The molecule has 104 valence electrons. The molecular weight excluding hydrogens is 300 g/mol. The third-order valence-electron chi connectivity index (χ3n) is 4.66. The van der Waals surface area contributed by atoms with Crippen LogP contribution in [0, 0.1) is 0 Å². The fourth-order valence-corrected chi connectivity index (χ4v) is 4.14. The second kappa shape index (κ2) is 6.38. The summed E-state index contributed by atoms with van der Waals surface area (Å²) >= 11 is 3.70. The van der Waals surface area contributed by atoms with Gasteiger partial charge in [0.15, 0.2) is 0 Å². The first-order valence-corrected chi connectivity index (χ1v) is 8.33. The lowest BCUT2D eigenvalue weighted by atomic mass is 9.88. The summed E-state index contributed by atoms with van der Waals surface area (Å²) in [6.45, 7) is 4.93. The largest absolute Gasteiger partial charge is 0.315 e. The molecule has 1 aromatic rings. The van der Waals surface area contributed by atoms with Crippen molar-refractivity contribution < 1.29 is 0 Å². The summed E-state index contributed by atoms with van der Waals surface area (Å²) in [4.78, 5) is 2.71. The summed E-state index contributed by atoms with van der Waals surface area (Å²) < 4.78 is 1.28. The van der Waals surface area contributed by atoms with Gasteiger partial charge < -0.3 is 5.32 Å². The zero-order valence-corrected chi connectivity index (χ0v) is 13.0. The average Bonchev–Trinajstić information content (AvgIpc) is 2.49. The Balaban J connectivity index is 1.58. The number of likely N-dealkylation sites (tertiary alicyclic amines) is 1. The highest BCUT2D eigenvalue weighted by Gasteiger charge is 2.27. The molecule has 0 spiro atoms. The molecule has 0 amide bonds. The van der Waals surface area contributed by atoms with Gasteiger partial charge in [0.05, 0.1) is 0 Å². The number of piperidine rings is 2. The van der Waals surface area contributed by atoms with Gasteiger partial charge in [0.1, 0.15) is 0 Å². The average molecular weight is 323 g/mol. The SMILES string of the molecule is Brc1ccccc1C1CCN(C2CCCNC2)CC1. The molecule has 1 aromatic carbocycles. The minimum absolute atomic E-state index is 0.739. The molecule has 3 rings (SSSR count). The first kappa shape index (κ1) is 13.6. The lowest BCUT2D eigenvalue weighted by molar-refractivity contribution is 0.130. The summed E-state index contributed by atoms with van der Waals surface area (Å²) in [7, 11) is 0. The van der Waals surface area contributed by atoms with Gasteiger partial charge in [-0.25, -0.2) is 0 Å². The summed E-state index contributed by atoms with van der Waals surface area (Å²) in [6, 6.07) is 9.52. The second-order valence-electron chi connectivity index (χ2n) is 5.83. The van der Waals surface area contributed by atoms with Crippen LogP contribution in [-0.4, -0.2) is 37.1 Å². The Morgan fingerprint density at radius 1 is 1.11 bits per heavy atom. The highest BCUT2D eigenvalue weighted by atomic mass is 79.9. The van der Waals surface area contributed by atoms with E-state index in [1.165, 1.54) is 61.9 Å². The predicted octanol–water partition coefficient (Wildman–Crippen LogP) is 3.38. The molecule has 1 N–H and O–H groups in total. The number of hydrogen-bond donors (Lipinski definition) is 1. The van der Waals surface area contributed by atoms with Gasteiger partial charge in [-0.05, 0) is 62.9 Å². The van der Waals surface area contributed by atoms with E-state index in [2.05, 4.69) is 50.4 Å². The molecule has 2 aliphatic heterocycles. The van der Waals surface area contributed by atoms with Crippen LogP contribution in [0.4, 0.5) is 0 Å². The zero-order chi connectivity index (χ0) is 13.1. The molecular formula is C16H23BrN2. The summed E-state index contributed by atoms with van der Waals surface area (Å²) in [6.07, 6.45) is 5.33. The Morgan fingerprint density at radius 3 is 2.58 bits per heavy atom. The number of halogens is 1. The van der Waals surface area contributed by atoms with Gasteiger partial charge in [-0.3, -0.25) is 4.90 Å². The van der Waals surface area contributed by atoms with E-state index in [1.807, 2.05) is 0 Å². The Bertz CT molecular complexity index is 407.